The Kier molecular flexibility index (Phi) is 9.42. The van der Waals surface area contributed by atoms with Gasteiger partial charge in [-0.2, -0.15) is 0 Å². The fourth-order valence-electron chi connectivity index (χ4n) is 1.77. The molecule has 14 heavy (non-hydrogen) atoms. The number of piperidine rings is 1. The second-order valence-electron chi connectivity index (χ2n) is 4.22. The summed E-state index contributed by atoms with van der Waals surface area (Å²) >= 11 is 0. The van der Waals surface area contributed by atoms with Crippen LogP contribution in [-0.4, -0.2) is 26.8 Å². The third-order valence-electron chi connectivity index (χ3n) is 2.66. The van der Waals surface area contributed by atoms with Crippen LogP contribution in [-0.2, 0) is 4.74 Å². The minimum absolute atomic E-state index is 0.832. The molecule has 1 aliphatic rings. The average molecular weight is 201 g/mol. The molecule has 1 fully saturated rings. The number of nitrogens with one attached hydrogen (secondary N) is 1. The van der Waals surface area contributed by atoms with Crippen LogP contribution in [0.4, 0.5) is 0 Å². The van der Waals surface area contributed by atoms with Gasteiger partial charge >= 0.3 is 0 Å². The number of ether oxygens (including phenoxy) is 1. The molecule has 0 saturated carbocycles. The van der Waals surface area contributed by atoms with Crippen molar-refractivity contribution in [2.45, 2.75) is 40.0 Å². The van der Waals surface area contributed by atoms with E-state index < -0.39 is 0 Å². The maximum absolute atomic E-state index is 5.07. The van der Waals surface area contributed by atoms with Crippen molar-refractivity contribution < 1.29 is 4.74 Å². The van der Waals surface area contributed by atoms with Gasteiger partial charge in [0.15, 0.2) is 0 Å². The average Bonchev–Trinajstić information content (AvgIpc) is 2.18. The zero-order valence-corrected chi connectivity index (χ0v) is 10.3. The van der Waals surface area contributed by atoms with Gasteiger partial charge in [0.1, 0.15) is 0 Å². The van der Waals surface area contributed by atoms with E-state index in [9.17, 15) is 0 Å². The first-order valence-electron chi connectivity index (χ1n) is 5.95. The van der Waals surface area contributed by atoms with Crippen LogP contribution in [0.5, 0.6) is 0 Å². The quantitative estimate of drug-likeness (QED) is 0.758. The molecule has 0 aromatic heterocycles. The Balaban J connectivity index is 0.000000500. The van der Waals surface area contributed by atoms with E-state index in [4.69, 9.17) is 4.74 Å². The van der Waals surface area contributed by atoms with Crippen molar-refractivity contribution >= 4 is 0 Å². The number of hydrogen-bond donors (Lipinski definition) is 1. The highest BCUT2D eigenvalue weighted by Crippen LogP contribution is 2.21. The SMILES string of the molecule is CCC.COCC[C@H]1CCNC[C@@H]1C. The molecule has 1 rings (SSSR count). The molecule has 1 saturated heterocycles. The minimum Gasteiger partial charge on any atom is -0.385 e. The Morgan fingerprint density at radius 2 is 2.00 bits per heavy atom. The van der Waals surface area contributed by atoms with Crippen LogP contribution in [0.15, 0.2) is 0 Å². The van der Waals surface area contributed by atoms with Gasteiger partial charge in [0, 0.05) is 13.7 Å². The summed E-state index contributed by atoms with van der Waals surface area (Å²) in [7, 11) is 1.78. The van der Waals surface area contributed by atoms with E-state index in [0.29, 0.717) is 0 Å². The molecule has 1 N–H and O–H groups in total. The summed E-state index contributed by atoms with van der Waals surface area (Å²) in [6.07, 6.45) is 3.81. The van der Waals surface area contributed by atoms with Crippen LogP contribution >= 0.6 is 0 Å². The number of methoxy groups -OCH3 is 1. The maximum atomic E-state index is 5.07. The molecule has 0 bridgehead atoms. The Morgan fingerprint density at radius 1 is 1.36 bits per heavy atom. The summed E-state index contributed by atoms with van der Waals surface area (Å²) in [5, 5.41) is 3.40. The normalized spacial score (nSPS) is 26.6. The molecular weight excluding hydrogens is 174 g/mol. The summed E-state index contributed by atoms with van der Waals surface area (Å²) in [4.78, 5) is 0. The highest BCUT2D eigenvalue weighted by molar-refractivity contribution is 4.74. The molecule has 0 unspecified atom stereocenters. The largest absolute Gasteiger partial charge is 0.385 e. The van der Waals surface area contributed by atoms with Crippen LogP contribution in [0.2, 0.25) is 0 Å². The number of rotatable bonds is 3. The molecule has 0 aromatic carbocycles. The van der Waals surface area contributed by atoms with Crippen molar-refractivity contribution in [1.29, 1.82) is 0 Å². The Bertz CT molecular complexity index is 117. The van der Waals surface area contributed by atoms with E-state index in [1.807, 2.05) is 0 Å². The van der Waals surface area contributed by atoms with Gasteiger partial charge in [-0.1, -0.05) is 27.2 Å². The van der Waals surface area contributed by atoms with Crippen molar-refractivity contribution in [3.63, 3.8) is 0 Å². The summed E-state index contributed by atoms with van der Waals surface area (Å²) in [6, 6.07) is 0. The molecule has 2 heteroatoms. The molecular formula is C12H27NO. The lowest BCUT2D eigenvalue weighted by atomic mass is 9.86. The first-order chi connectivity index (χ1) is 6.76. The third kappa shape index (κ3) is 6.39. The van der Waals surface area contributed by atoms with Gasteiger partial charge < -0.3 is 10.1 Å². The summed E-state index contributed by atoms with van der Waals surface area (Å²) in [5.74, 6) is 1.72. The predicted octanol–water partition coefficient (Wildman–Crippen LogP) is 2.68. The van der Waals surface area contributed by atoms with Gasteiger partial charge in [0.25, 0.3) is 0 Å². The molecule has 2 atom stereocenters. The standard InChI is InChI=1S/C9H19NO.C3H8/c1-8-7-10-5-3-9(8)4-6-11-2;1-3-2/h8-10H,3-7H2,1-2H3;3H2,1-2H3/t8-,9+;/m0./s1. The summed E-state index contributed by atoms with van der Waals surface area (Å²) in [5.41, 5.74) is 0. The third-order valence-corrected chi connectivity index (χ3v) is 2.66. The van der Waals surface area contributed by atoms with Crippen molar-refractivity contribution in [3.8, 4) is 0 Å². The van der Waals surface area contributed by atoms with Crippen molar-refractivity contribution in [1.82, 2.24) is 5.32 Å². The lowest BCUT2D eigenvalue weighted by molar-refractivity contribution is 0.149. The van der Waals surface area contributed by atoms with Crippen LogP contribution in [0.25, 0.3) is 0 Å². The van der Waals surface area contributed by atoms with E-state index in [0.717, 1.165) is 18.4 Å². The van der Waals surface area contributed by atoms with Gasteiger partial charge in [0.05, 0.1) is 0 Å². The van der Waals surface area contributed by atoms with E-state index in [2.05, 4.69) is 26.1 Å². The van der Waals surface area contributed by atoms with Crippen LogP contribution < -0.4 is 5.32 Å². The molecule has 0 aliphatic carbocycles. The summed E-state index contributed by atoms with van der Waals surface area (Å²) in [6.45, 7) is 9.88. The smallest absolute Gasteiger partial charge is 0.0465 e. The fraction of sp³-hybridized carbons (Fsp3) is 1.00. The Hall–Kier alpha value is -0.0800. The van der Waals surface area contributed by atoms with Gasteiger partial charge in [-0.15, -0.1) is 0 Å². The molecule has 0 radical (unpaired) electrons. The van der Waals surface area contributed by atoms with Gasteiger partial charge in [-0.25, -0.2) is 0 Å². The zero-order valence-electron chi connectivity index (χ0n) is 10.3. The van der Waals surface area contributed by atoms with Crippen LogP contribution in [0, 0.1) is 11.8 Å². The lowest BCUT2D eigenvalue weighted by Crippen LogP contribution is -2.35. The van der Waals surface area contributed by atoms with Gasteiger partial charge in [-0.05, 0) is 37.8 Å². The fourth-order valence-corrected chi connectivity index (χ4v) is 1.77. The van der Waals surface area contributed by atoms with Crippen LogP contribution in [0.1, 0.15) is 40.0 Å². The van der Waals surface area contributed by atoms with Crippen molar-refractivity contribution in [2.24, 2.45) is 11.8 Å². The van der Waals surface area contributed by atoms with Gasteiger partial charge in [0.2, 0.25) is 0 Å². The Labute approximate surface area is 89.4 Å². The molecule has 86 valence electrons. The number of hydrogen-bond acceptors (Lipinski definition) is 2. The minimum atomic E-state index is 0.832. The topological polar surface area (TPSA) is 21.3 Å². The van der Waals surface area contributed by atoms with Gasteiger partial charge in [-0.3, -0.25) is 0 Å². The van der Waals surface area contributed by atoms with Crippen molar-refractivity contribution in [3.05, 3.63) is 0 Å². The Morgan fingerprint density at radius 3 is 2.50 bits per heavy atom. The predicted molar refractivity (Wildman–Crippen MR) is 62.6 cm³/mol. The zero-order chi connectivity index (χ0) is 10.8. The molecule has 2 nitrogen and oxygen atoms in total. The van der Waals surface area contributed by atoms with Crippen molar-refractivity contribution in [2.75, 3.05) is 26.8 Å². The monoisotopic (exact) mass is 201 g/mol. The molecule has 0 aromatic rings. The lowest BCUT2D eigenvalue weighted by Gasteiger charge is -2.29. The highest BCUT2D eigenvalue weighted by Gasteiger charge is 2.19. The van der Waals surface area contributed by atoms with E-state index in [1.165, 1.54) is 32.4 Å². The molecule has 1 aliphatic heterocycles. The molecule has 1 heterocycles. The van der Waals surface area contributed by atoms with E-state index in [-0.39, 0.29) is 0 Å². The summed E-state index contributed by atoms with van der Waals surface area (Å²) < 4.78 is 5.07. The molecule has 0 spiro atoms. The van der Waals surface area contributed by atoms with E-state index in [1.54, 1.807) is 7.11 Å². The van der Waals surface area contributed by atoms with Crippen LogP contribution in [0.3, 0.4) is 0 Å². The second-order valence-corrected chi connectivity index (χ2v) is 4.22. The highest BCUT2D eigenvalue weighted by atomic mass is 16.5. The van der Waals surface area contributed by atoms with E-state index >= 15 is 0 Å². The first-order valence-corrected chi connectivity index (χ1v) is 5.95. The first kappa shape index (κ1) is 13.9. The molecule has 0 amide bonds. The second kappa shape index (κ2) is 9.47. The maximum Gasteiger partial charge on any atom is 0.0465 e.